The first-order chi connectivity index (χ1) is 11.2. The summed E-state index contributed by atoms with van der Waals surface area (Å²) < 4.78 is 5.05. The van der Waals surface area contributed by atoms with Crippen LogP contribution in [0.4, 0.5) is 4.79 Å². The molecular weight excluding hydrogens is 314 g/mol. The SMILES string of the molecule is O=Cc1ccc(Cl)c(C#CCNC(=O)OCc2ccccc2)c1. The Labute approximate surface area is 139 Å². The molecule has 0 aliphatic rings. The van der Waals surface area contributed by atoms with Crippen molar-refractivity contribution in [2.24, 2.45) is 0 Å². The van der Waals surface area contributed by atoms with Gasteiger partial charge in [-0.25, -0.2) is 4.79 Å². The van der Waals surface area contributed by atoms with Crippen molar-refractivity contribution in [1.29, 1.82) is 0 Å². The molecule has 2 rings (SSSR count). The zero-order chi connectivity index (χ0) is 16.5. The van der Waals surface area contributed by atoms with Crippen molar-refractivity contribution < 1.29 is 14.3 Å². The van der Waals surface area contributed by atoms with Crippen LogP contribution in [0.2, 0.25) is 5.02 Å². The Morgan fingerprint density at radius 1 is 1.22 bits per heavy atom. The Morgan fingerprint density at radius 2 is 2.00 bits per heavy atom. The van der Waals surface area contributed by atoms with Gasteiger partial charge in [-0.15, -0.1) is 0 Å². The van der Waals surface area contributed by atoms with Crippen LogP contribution in [0, 0.1) is 11.8 Å². The Morgan fingerprint density at radius 3 is 2.74 bits per heavy atom. The largest absolute Gasteiger partial charge is 0.445 e. The predicted octanol–water partition coefficient (Wildman–Crippen LogP) is 3.43. The summed E-state index contributed by atoms with van der Waals surface area (Å²) in [5.74, 6) is 5.57. The maximum absolute atomic E-state index is 11.5. The summed E-state index contributed by atoms with van der Waals surface area (Å²) >= 11 is 5.98. The lowest BCUT2D eigenvalue weighted by atomic mass is 10.1. The van der Waals surface area contributed by atoms with Crippen molar-refractivity contribution in [2.75, 3.05) is 6.54 Å². The molecule has 0 radical (unpaired) electrons. The lowest BCUT2D eigenvalue weighted by Gasteiger charge is -2.04. The number of benzene rings is 2. The number of hydrogen-bond donors (Lipinski definition) is 1. The van der Waals surface area contributed by atoms with Crippen LogP contribution in [0.1, 0.15) is 21.5 Å². The van der Waals surface area contributed by atoms with E-state index >= 15 is 0 Å². The Balaban J connectivity index is 1.81. The second kappa shape index (κ2) is 8.62. The maximum atomic E-state index is 11.5. The quantitative estimate of drug-likeness (QED) is 0.691. The molecule has 0 saturated carbocycles. The minimum absolute atomic E-state index is 0.120. The molecule has 0 spiro atoms. The van der Waals surface area contributed by atoms with E-state index in [9.17, 15) is 9.59 Å². The van der Waals surface area contributed by atoms with Crippen LogP contribution in [0.15, 0.2) is 48.5 Å². The second-order valence-electron chi connectivity index (χ2n) is 4.57. The van der Waals surface area contributed by atoms with Gasteiger partial charge in [0.05, 0.1) is 11.6 Å². The molecule has 0 aromatic heterocycles. The molecule has 5 heteroatoms. The zero-order valence-corrected chi connectivity index (χ0v) is 13.0. The van der Waals surface area contributed by atoms with Crippen molar-refractivity contribution in [1.82, 2.24) is 5.32 Å². The number of amides is 1. The molecular formula is C18H14ClNO3. The van der Waals surface area contributed by atoms with E-state index in [4.69, 9.17) is 16.3 Å². The molecule has 0 atom stereocenters. The third kappa shape index (κ3) is 5.50. The Kier molecular flexibility index (Phi) is 6.22. The average molecular weight is 328 g/mol. The topological polar surface area (TPSA) is 55.4 Å². The summed E-state index contributed by atoms with van der Waals surface area (Å²) in [7, 11) is 0. The molecule has 2 aromatic rings. The first-order valence-electron chi connectivity index (χ1n) is 6.87. The second-order valence-corrected chi connectivity index (χ2v) is 4.98. The summed E-state index contributed by atoms with van der Waals surface area (Å²) in [6, 6.07) is 14.2. The fraction of sp³-hybridized carbons (Fsp3) is 0.111. The number of hydrogen-bond acceptors (Lipinski definition) is 3. The van der Waals surface area contributed by atoms with Gasteiger partial charge >= 0.3 is 6.09 Å². The zero-order valence-electron chi connectivity index (χ0n) is 12.2. The van der Waals surface area contributed by atoms with Gasteiger partial charge in [-0.3, -0.25) is 4.79 Å². The number of rotatable bonds is 4. The molecule has 4 nitrogen and oxygen atoms in total. The molecule has 0 unspecified atom stereocenters. The predicted molar refractivity (Wildman–Crippen MR) is 88.3 cm³/mol. The molecule has 0 aliphatic heterocycles. The minimum atomic E-state index is -0.545. The van der Waals surface area contributed by atoms with Gasteiger partial charge in [-0.2, -0.15) is 0 Å². The highest BCUT2D eigenvalue weighted by atomic mass is 35.5. The fourth-order valence-electron chi connectivity index (χ4n) is 1.74. The van der Waals surface area contributed by atoms with Crippen molar-refractivity contribution in [3.8, 4) is 11.8 Å². The van der Waals surface area contributed by atoms with Crippen LogP contribution in [-0.2, 0) is 11.3 Å². The highest BCUT2D eigenvalue weighted by molar-refractivity contribution is 6.31. The van der Waals surface area contributed by atoms with E-state index in [0.717, 1.165) is 11.8 Å². The monoisotopic (exact) mass is 327 g/mol. The van der Waals surface area contributed by atoms with E-state index in [0.29, 0.717) is 16.1 Å². The molecule has 0 saturated heterocycles. The molecule has 0 bridgehead atoms. The molecule has 0 aliphatic carbocycles. The van der Waals surface area contributed by atoms with Crippen LogP contribution < -0.4 is 5.32 Å². The summed E-state index contributed by atoms with van der Waals surface area (Å²) in [6.45, 7) is 0.322. The third-order valence-electron chi connectivity index (χ3n) is 2.88. The normalized spacial score (nSPS) is 9.43. The highest BCUT2D eigenvalue weighted by Gasteiger charge is 2.01. The maximum Gasteiger partial charge on any atom is 0.408 e. The van der Waals surface area contributed by atoms with Crippen molar-refractivity contribution in [3.63, 3.8) is 0 Å². The van der Waals surface area contributed by atoms with E-state index < -0.39 is 6.09 Å². The molecule has 1 N–H and O–H groups in total. The van der Waals surface area contributed by atoms with Crippen molar-refractivity contribution >= 4 is 24.0 Å². The third-order valence-corrected chi connectivity index (χ3v) is 3.21. The lowest BCUT2D eigenvalue weighted by Crippen LogP contribution is -2.24. The Hall–Kier alpha value is -2.77. The lowest BCUT2D eigenvalue weighted by molar-refractivity contribution is 0.112. The summed E-state index contributed by atoms with van der Waals surface area (Å²) in [5.41, 5.74) is 1.94. The smallest absolute Gasteiger partial charge is 0.408 e. The van der Waals surface area contributed by atoms with Gasteiger partial charge in [-0.1, -0.05) is 59.8 Å². The van der Waals surface area contributed by atoms with Gasteiger partial charge in [-0.05, 0) is 17.7 Å². The first kappa shape index (κ1) is 16.6. The van der Waals surface area contributed by atoms with Crippen LogP contribution in [-0.4, -0.2) is 18.9 Å². The van der Waals surface area contributed by atoms with E-state index in [-0.39, 0.29) is 13.2 Å². The number of carbonyl (C=O) groups is 2. The van der Waals surface area contributed by atoms with Crippen LogP contribution in [0.25, 0.3) is 0 Å². The highest BCUT2D eigenvalue weighted by Crippen LogP contribution is 2.15. The molecule has 1 amide bonds. The number of aldehydes is 1. The number of alkyl carbamates (subject to hydrolysis) is 1. The van der Waals surface area contributed by atoms with Crippen LogP contribution >= 0.6 is 11.6 Å². The summed E-state index contributed by atoms with van der Waals surface area (Å²) in [4.78, 5) is 22.2. The van der Waals surface area contributed by atoms with Gasteiger partial charge < -0.3 is 10.1 Å². The number of nitrogens with one attached hydrogen (secondary N) is 1. The molecule has 0 heterocycles. The molecule has 23 heavy (non-hydrogen) atoms. The standard InChI is InChI=1S/C18H14ClNO3/c19-17-9-8-15(12-21)11-16(17)7-4-10-20-18(22)23-13-14-5-2-1-3-6-14/h1-3,5-6,8-9,11-12H,10,13H2,(H,20,22). The van der Waals surface area contributed by atoms with Gasteiger partial charge in [0, 0.05) is 11.1 Å². The van der Waals surface area contributed by atoms with E-state index in [1.807, 2.05) is 30.3 Å². The number of carbonyl (C=O) groups excluding carboxylic acids is 2. The first-order valence-corrected chi connectivity index (χ1v) is 7.25. The van der Waals surface area contributed by atoms with E-state index in [1.165, 1.54) is 0 Å². The molecule has 116 valence electrons. The summed E-state index contributed by atoms with van der Waals surface area (Å²) in [6.07, 6.45) is 0.177. The minimum Gasteiger partial charge on any atom is -0.445 e. The van der Waals surface area contributed by atoms with Gasteiger partial charge in [0.1, 0.15) is 12.9 Å². The number of halogens is 1. The number of ether oxygens (including phenoxy) is 1. The van der Waals surface area contributed by atoms with Crippen molar-refractivity contribution in [3.05, 3.63) is 70.2 Å². The van der Waals surface area contributed by atoms with Gasteiger partial charge in [0.15, 0.2) is 0 Å². The molecule has 0 fully saturated rings. The average Bonchev–Trinajstić information content (AvgIpc) is 2.59. The summed E-state index contributed by atoms with van der Waals surface area (Å²) in [5, 5.41) is 2.98. The Bertz CT molecular complexity index is 748. The van der Waals surface area contributed by atoms with Gasteiger partial charge in [0.25, 0.3) is 0 Å². The van der Waals surface area contributed by atoms with E-state index in [2.05, 4.69) is 17.2 Å². The van der Waals surface area contributed by atoms with Gasteiger partial charge in [0.2, 0.25) is 0 Å². The van der Waals surface area contributed by atoms with E-state index in [1.54, 1.807) is 18.2 Å². The van der Waals surface area contributed by atoms with Crippen LogP contribution in [0.5, 0.6) is 0 Å². The van der Waals surface area contributed by atoms with Crippen molar-refractivity contribution in [2.45, 2.75) is 6.61 Å². The van der Waals surface area contributed by atoms with Crippen LogP contribution in [0.3, 0.4) is 0 Å². The molecule has 2 aromatic carbocycles. The fourth-order valence-corrected chi connectivity index (χ4v) is 1.91.